The van der Waals surface area contributed by atoms with Gasteiger partial charge in [-0.25, -0.2) is 0 Å². The quantitative estimate of drug-likeness (QED) is 0.908. The predicted octanol–water partition coefficient (Wildman–Crippen LogP) is 2.29. The summed E-state index contributed by atoms with van der Waals surface area (Å²) in [5, 5.41) is 3.10. The van der Waals surface area contributed by atoms with Crippen LogP contribution in [-0.4, -0.2) is 43.7 Å². The topological polar surface area (TPSA) is 41.6 Å². The molecule has 0 radical (unpaired) electrons. The van der Waals surface area contributed by atoms with E-state index in [1.807, 2.05) is 51.0 Å². The third kappa shape index (κ3) is 2.73. The Morgan fingerprint density at radius 3 is 2.79 bits per heavy atom. The van der Waals surface area contributed by atoms with E-state index >= 15 is 0 Å². The molecule has 1 amide bonds. The number of carbonyl (C=O) groups excluding carboxylic acids is 1. The fourth-order valence-corrected chi connectivity index (χ4v) is 2.62. The fourth-order valence-electron chi connectivity index (χ4n) is 2.62. The molecule has 0 aliphatic carbocycles. The van der Waals surface area contributed by atoms with Crippen LogP contribution in [0.5, 0.6) is 0 Å². The maximum absolute atomic E-state index is 12.6. The highest BCUT2D eigenvalue weighted by Crippen LogP contribution is 2.23. The second kappa shape index (κ2) is 5.61. The molecule has 4 heteroatoms. The van der Waals surface area contributed by atoms with Crippen molar-refractivity contribution in [1.29, 1.82) is 0 Å². The summed E-state index contributed by atoms with van der Waals surface area (Å²) in [6.45, 7) is 4.78. The third-order valence-electron chi connectivity index (χ3n) is 3.83. The molecule has 2 rings (SSSR count). The van der Waals surface area contributed by atoms with Crippen LogP contribution in [0.25, 0.3) is 0 Å². The summed E-state index contributed by atoms with van der Waals surface area (Å²) in [5.74, 6) is 0.0479. The molecule has 1 fully saturated rings. The number of aryl methyl sites for hydroxylation is 1. The fraction of sp³-hybridized carbons (Fsp3) is 0.533. The van der Waals surface area contributed by atoms with Gasteiger partial charge in [0.2, 0.25) is 0 Å². The number of anilines is 1. The van der Waals surface area contributed by atoms with Gasteiger partial charge in [-0.1, -0.05) is 6.07 Å². The van der Waals surface area contributed by atoms with Gasteiger partial charge in [0.05, 0.1) is 17.7 Å². The van der Waals surface area contributed by atoms with Crippen LogP contribution < -0.4 is 5.32 Å². The highest BCUT2D eigenvalue weighted by atomic mass is 16.5. The number of likely N-dealkylation sites (N-methyl/N-ethyl adjacent to an activating group) is 1. The second-order valence-electron chi connectivity index (χ2n) is 5.15. The molecular formula is C15H22N2O2. The van der Waals surface area contributed by atoms with Crippen molar-refractivity contribution < 1.29 is 9.53 Å². The largest absolute Gasteiger partial charge is 0.387 e. The van der Waals surface area contributed by atoms with E-state index in [1.54, 1.807) is 0 Å². The van der Waals surface area contributed by atoms with Crippen molar-refractivity contribution in [3.8, 4) is 0 Å². The van der Waals surface area contributed by atoms with Gasteiger partial charge in [-0.15, -0.1) is 0 Å². The minimum absolute atomic E-state index is 0.0479. The minimum atomic E-state index is 0.0479. The Balaban J connectivity index is 2.23. The molecule has 1 aliphatic rings. The molecule has 1 aromatic carbocycles. The molecule has 1 saturated heterocycles. The molecule has 19 heavy (non-hydrogen) atoms. The maximum atomic E-state index is 12.6. The van der Waals surface area contributed by atoms with Crippen molar-refractivity contribution in [3.05, 3.63) is 29.3 Å². The summed E-state index contributed by atoms with van der Waals surface area (Å²) in [5.41, 5.74) is 2.74. The van der Waals surface area contributed by atoms with Crippen molar-refractivity contribution in [2.24, 2.45) is 0 Å². The molecule has 0 bridgehead atoms. The Hall–Kier alpha value is -1.55. The predicted molar refractivity (Wildman–Crippen MR) is 76.6 cm³/mol. The molecule has 2 atom stereocenters. The van der Waals surface area contributed by atoms with Crippen molar-refractivity contribution in [3.63, 3.8) is 0 Å². The molecule has 1 aliphatic heterocycles. The molecule has 0 aromatic heterocycles. The Labute approximate surface area is 114 Å². The molecule has 1 N–H and O–H groups in total. The van der Waals surface area contributed by atoms with Gasteiger partial charge in [0, 0.05) is 26.4 Å². The highest BCUT2D eigenvalue weighted by Gasteiger charge is 2.31. The zero-order valence-electron chi connectivity index (χ0n) is 12.1. The molecule has 1 heterocycles. The van der Waals surface area contributed by atoms with E-state index in [9.17, 15) is 4.79 Å². The van der Waals surface area contributed by atoms with Crippen LogP contribution in [0.3, 0.4) is 0 Å². The monoisotopic (exact) mass is 262 g/mol. The van der Waals surface area contributed by atoms with Gasteiger partial charge < -0.3 is 15.0 Å². The average molecular weight is 262 g/mol. The van der Waals surface area contributed by atoms with Crippen molar-refractivity contribution in [2.45, 2.75) is 32.4 Å². The van der Waals surface area contributed by atoms with E-state index in [-0.39, 0.29) is 18.1 Å². The van der Waals surface area contributed by atoms with Gasteiger partial charge in [0.15, 0.2) is 0 Å². The third-order valence-corrected chi connectivity index (χ3v) is 3.83. The lowest BCUT2D eigenvalue weighted by atomic mass is 10.1. The van der Waals surface area contributed by atoms with Crippen molar-refractivity contribution in [1.82, 2.24) is 4.90 Å². The number of benzene rings is 1. The summed E-state index contributed by atoms with van der Waals surface area (Å²) >= 11 is 0. The molecule has 104 valence electrons. The number of hydrogen-bond donors (Lipinski definition) is 1. The Morgan fingerprint density at radius 2 is 2.21 bits per heavy atom. The number of ether oxygens (including phenoxy) is 1. The minimum Gasteiger partial charge on any atom is -0.387 e. The highest BCUT2D eigenvalue weighted by molar-refractivity contribution is 5.99. The van der Waals surface area contributed by atoms with E-state index in [0.29, 0.717) is 0 Å². The summed E-state index contributed by atoms with van der Waals surface area (Å²) in [6.07, 6.45) is 1.02. The summed E-state index contributed by atoms with van der Waals surface area (Å²) < 4.78 is 5.54. The standard InChI is InChI=1S/C15H22N2O2/c1-10-5-6-12(13(9-10)16-3)15(18)17(4)14-7-8-19-11(14)2/h5-6,9,11,14,16H,7-8H2,1-4H3. The second-order valence-corrected chi connectivity index (χ2v) is 5.15. The van der Waals surface area contributed by atoms with Crippen LogP contribution in [-0.2, 0) is 4.74 Å². The van der Waals surface area contributed by atoms with E-state index in [1.165, 1.54) is 0 Å². The molecule has 1 aromatic rings. The van der Waals surface area contributed by atoms with Crippen molar-refractivity contribution in [2.75, 3.05) is 26.0 Å². The number of hydrogen-bond acceptors (Lipinski definition) is 3. The van der Waals surface area contributed by atoms with Gasteiger partial charge in [-0.3, -0.25) is 4.79 Å². The molecule has 0 saturated carbocycles. The number of rotatable bonds is 3. The van der Waals surface area contributed by atoms with E-state index in [4.69, 9.17) is 4.74 Å². The Bertz CT molecular complexity index is 473. The van der Waals surface area contributed by atoms with E-state index < -0.39 is 0 Å². The van der Waals surface area contributed by atoms with Gasteiger partial charge in [0.1, 0.15) is 0 Å². The molecule has 4 nitrogen and oxygen atoms in total. The van der Waals surface area contributed by atoms with Crippen LogP contribution in [0.2, 0.25) is 0 Å². The van der Waals surface area contributed by atoms with E-state index in [2.05, 4.69) is 5.32 Å². The van der Waals surface area contributed by atoms with E-state index in [0.717, 1.165) is 29.8 Å². The summed E-state index contributed by atoms with van der Waals surface area (Å²) in [4.78, 5) is 14.4. The summed E-state index contributed by atoms with van der Waals surface area (Å²) in [7, 11) is 3.70. The van der Waals surface area contributed by atoms with Crippen LogP contribution >= 0.6 is 0 Å². The zero-order chi connectivity index (χ0) is 14.0. The lowest BCUT2D eigenvalue weighted by molar-refractivity contribution is 0.0575. The van der Waals surface area contributed by atoms with Crippen LogP contribution in [0.4, 0.5) is 5.69 Å². The first kappa shape index (κ1) is 13.9. The number of amides is 1. The lowest BCUT2D eigenvalue weighted by Gasteiger charge is -2.27. The molecular weight excluding hydrogens is 240 g/mol. The molecule has 2 unspecified atom stereocenters. The first-order chi connectivity index (χ1) is 9.04. The van der Waals surface area contributed by atoms with Gasteiger partial charge in [0.25, 0.3) is 5.91 Å². The first-order valence-corrected chi connectivity index (χ1v) is 6.71. The first-order valence-electron chi connectivity index (χ1n) is 6.71. The summed E-state index contributed by atoms with van der Waals surface area (Å²) in [6, 6.07) is 6.02. The maximum Gasteiger partial charge on any atom is 0.256 e. The Morgan fingerprint density at radius 1 is 1.47 bits per heavy atom. The normalized spacial score (nSPS) is 22.3. The van der Waals surface area contributed by atoms with Crippen molar-refractivity contribution >= 4 is 11.6 Å². The smallest absolute Gasteiger partial charge is 0.256 e. The van der Waals surface area contributed by atoms with Crippen LogP contribution in [0.1, 0.15) is 29.3 Å². The lowest BCUT2D eigenvalue weighted by Crippen LogP contribution is -2.41. The SMILES string of the molecule is CNc1cc(C)ccc1C(=O)N(C)C1CCOC1C. The van der Waals surface area contributed by atoms with Gasteiger partial charge >= 0.3 is 0 Å². The Kier molecular flexibility index (Phi) is 4.10. The average Bonchev–Trinajstić information content (AvgIpc) is 2.83. The number of nitrogens with zero attached hydrogens (tertiary/aromatic N) is 1. The number of carbonyl (C=O) groups is 1. The molecule has 0 spiro atoms. The number of nitrogens with one attached hydrogen (secondary N) is 1. The van der Waals surface area contributed by atoms with Gasteiger partial charge in [-0.2, -0.15) is 0 Å². The zero-order valence-corrected chi connectivity index (χ0v) is 12.1. The van der Waals surface area contributed by atoms with Crippen LogP contribution in [0.15, 0.2) is 18.2 Å². The van der Waals surface area contributed by atoms with Crippen LogP contribution in [0, 0.1) is 6.92 Å². The van der Waals surface area contributed by atoms with Gasteiger partial charge in [-0.05, 0) is 38.0 Å².